The molecular weight excluding hydrogens is 402 g/mol. The van der Waals surface area contributed by atoms with E-state index in [1.165, 1.54) is 19.1 Å². The molecule has 9 heteroatoms. The van der Waals surface area contributed by atoms with Crippen molar-refractivity contribution in [3.05, 3.63) is 40.9 Å². The number of halogens is 1. The predicted molar refractivity (Wildman–Crippen MR) is 103 cm³/mol. The van der Waals surface area contributed by atoms with Gasteiger partial charge < -0.3 is 29.0 Å². The molecule has 152 valence electrons. The fourth-order valence-electron chi connectivity index (χ4n) is 2.88. The van der Waals surface area contributed by atoms with Gasteiger partial charge in [-0.25, -0.2) is 4.79 Å². The molecule has 0 saturated carbocycles. The number of hydrogen-bond donors (Lipinski definition) is 1. The minimum Gasteiger partial charge on any atom is -0.486 e. The number of carbonyl (C=O) groups excluding carboxylic acids is 2. The maximum Gasteiger partial charge on any atom is 0.339 e. The van der Waals surface area contributed by atoms with E-state index in [9.17, 15) is 9.59 Å². The maximum atomic E-state index is 12.4. The zero-order valence-corrected chi connectivity index (χ0v) is 16.3. The Kier molecular flexibility index (Phi) is 5.35. The van der Waals surface area contributed by atoms with E-state index in [1.807, 2.05) is 0 Å². The number of rotatable bonds is 4. The van der Waals surface area contributed by atoms with Gasteiger partial charge in [0.05, 0.1) is 10.6 Å². The van der Waals surface area contributed by atoms with Gasteiger partial charge in [0, 0.05) is 11.8 Å². The Balaban J connectivity index is 1.41. The Labute approximate surface area is 171 Å². The van der Waals surface area contributed by atoms with Crippen molar-refractivity contribution in [2.45, 2.75) is 13.0 Å². The first-order valence-corrected chi connectivity index (χ1v) is 9.39. The number of carbonyl (C=O) groups is 2. The molecule has 0 fully saturated rings. The van der Waals surface area contributed by atoms with Crippen molar-refractivity contribution in [3.63, 3.8) is 0 Å². The van der Waals surface area contributed by atoms with Crippen LogP contribution < -0.4 is 24.3 Å². The highest BCUT2D eigenvalue weighted by Gasteiger charge is 2.24. The van der Waals surface area contributed by atoms with Gasteiger partial charge in [0.25, 0.3) is 5.91 Å². The van der Waals surface area contributed by atoms with Gasteiger partial charge in [0.2, 0.25) is 0 Å². The summed E-state index contributed by atoms with van der Waals surface area (Å²) in [4.78, 5) is 24.9. The first-order chi connectivity index (χ1) is 14.0. The molecule has 2 aliphatic heterocycles. The van der Waals surface area contributed by atoms with Gasteiger partial charge in [-0.2, -0.15) is 0 Å². The van der Waals surface area contributed by atoms with E-state index < -0.39 is 18.0 Å². The van der Waals surface area contributed by atoms with Crippen LogP contribution in [0.1, 0.15) is 17.3 Å². The molecule has 2 aromatic rings. The molecule has 0 radical (unpaired) electrons. The van der Waals surface area contributed by atoms with Crippen molar-refractivity contribution in [1.29, 1.82) is 0 Å². The summed E-state index contributed by atoms with van der Waals surface area (Å²) in [5.41, 5.74) is 0.669. The van der Waals surface area contributed by atoms with Crippen LogP contribution in [-0.4, -0.2) is 44.4 Å². The zero-order valence-electron chi connectivity index (χ0n) is 15.5. The summed E-state index contributed by atoms with van der Waals surface area (Å²) in [6.45, 7) is 3.14. The van der Waals surface area contributed by atoms with Gasteiger partial charge in [-0.05, 0) is 31.2 Å². The molecule has 1 amide bonds. The molecule has 0 aliphatic carbocycles. The molecule has 0 aromatic heterocycles. The highest BCUT2D eigenvalue weighted by Crippen LogP contribution is 2.38. The lowest BCUT2D eigenvalue weighted by Crippen LogP contribution is -2.30. The van der Waals surface area contributed by atoms with Crippen LogP contribution in [0.3, 0.4) is 0 Å². The molecule has 8 nitrogen and oxygen atoms in total. The molecule has 0 spiro atoms. The van der Waals surface area contributed by atoms with Crippen LogP contribution in [-0.2, 0) is 9.53 Å². The molecule has 4 rings (SSSR count). The van der Waals surface area contributed by atoms with Gasteiger partial charge >= 0.3 is 5.97 Å². The van der Waals surface area contributed by atoms with Crippen LogP contribution in [0.15, 0.2) is 30.3 Å². The Bertz CT molecular complexity index is 962. The molecule has 1 atom stereocenters. The first-order valence-electron chi connectivity index (χ1n) is 9.02. The molecule has 0 unspecified atom stereocenters. The van der Waals surface area contributed by atoms with Crippen LogP contribution in [0.4, 0.5) is 5.69 Å². The smallest absolute Gasteiger partial charge is 0.339 e. The van der Waals surface area contributed by atoms with Gasteiger partial charge in [0.1, 0.15) is 26.4 Å². The Morgan fingerprint density at radius 3 is 2.45 bits per heavy atom. The van der Waals surface area contributed by atoms with E-state index in [4.69, 9.17) is 35.3 Å². The fraction of sp³-hybridized carbons (Fsp3) is 0.300. The third-order valence-electron chi connectivity index (χ3n) is 4.30. The standard InChI is InChI=1S/C20H18ClNO7/c1-11(19(23)22-13-2-3-15-16(10-13)26-5-4-25-15)29-20(24)12-8-14(21)18-17(9-12)27-6-7-28-18/h2-3,8-11H,4-7H2,1H3,(H,22,23)/t11-/m1/s1. The SMILES string of the molecule is C[C@@H](OC(=O)c1cc(Cl)c2c(c1)OCCO2)C(=O)Nc1ccc2c(c1)OCCO2. The maximum absolute atomic E-state index is 12.4. The van der Waals surface area contributed by atoms with Crippen molar-refractivity contribution < 1.29 is 33.3 Å². The third kappa shape index (κ3) is 4.17. The van der Waals surface area contributed by atoms with E-state index in [0.717, 1.165) is 0 Å². The van der Waals surface area contributed by atoms with Crippen molar-refractivity contribution >= 4 is 29.2 Å². The van der Waals surface area contributed by atoms with Crippen LogP contribution >= 0.6 is 11.6 Å². The van der Waals surface area contributed by atoms with Crippen LogP contribution in [0, 0.1) is 0 Å². The molecule has 2 heterocycles. The van der Waals surface area contributed by atoms with E-state index in [0.29, 0.717) is 55.1 Å². The minimum absolute atomic E-state index is 0.165. The predicted octanol–water partition coefficient (Wildman–Crippen LogP) is 3.07. The second-order valence-electron chi connectivity index (χ2n) is 6.38. The van der Waals surface area contributed by atoms with Gasteiger partial charge in [-0.15, -0.1) is 0 Å². The lowest BCUT2D eigenvalue weighted by Gasteiger charge is -2.21. The van der Waals surface area contributed by atoms with Gasteiger partial charge in [-0.1, -0.05) is 11.6 Å². The summed E-state index contributed by atoms with van der Waals surface area (Å²) in [6, 6.07) is 7.94. The van der Waals surface area contributed by atoms with E-state index in [1.54, 1.807) is 18.2 Å². The van der Waals surface area contributed by atoms with Crippen LogP contribution in [0.5, 0.6) is 23.0 Å². The fourth-order valence-corrected chi connectivity index (χ4v) is 3.14. The average Bonchev–Trinajstić information content (AvgIpc) is 2.73. The highest BCUT2D eigenvalue weighted by molar-refractivity contribution is 6.32. The molecule has 1 N–H and O–H groups in total. The summed E-state index contributed by atoms with van der Waals surface area (Å²) in [6.07, 6.45) is -1.04. The second kappa shape index (κ2) is 8.08. The molecule has 0 saturated heterocycles. The minimum atomic E-state index is -1.04. The van der Waals surface area contributed by atoms with Crippen molar-refractivity contribution in [2.24, 2.45) is 0 Å². The largest absolute Gasteiger partial charge is 0.486 e. The lowest BCUT2D eigenvalue weighted by molar-refractivity contribution is -0.123. The number of anilines is 1. The molecule has 2 aliphatic rings. The van der Waals surface area contributed by atoms with Crippen molar-refractivity contribution in [3.8, 4) is 23.0 Å². The summed E-state index contributed by atoms with van der Waals surface area (Å²) in [5.74, 6) is 0.726. The molecule has 0 bridgehead atoms. The Hall–Kier alpha value is -3.13. The molecule has 29 heavy (non-hydrogen) atoms. The topological polar surface area (TPSA) is 92.3 Å². The number of hydrogen-bond acceptors (Lipinski definition) is 7. The van der Waals surface area contributed by atoms with Gasteiger partial charge in [0.15, 0.2) is 29.1 Å². The molecule has 2 aromatic carbocycles. The zero-order chi connectivity index (χ0) is 20.4. The number of nitrogens with one attached hydrogen (secondary N) is 1. The van der Waals surface area contributed by atoms with Crippen molar-refractivity contribution in [1.82, 2.24) is 0 Å². The summed E-state index contributed by atoms with van der Waals surface area (Å²) < 4.78 is 27.1. The number of ether oxygens (including phenoxy) is 5. The van der Waals surface area contributed by atoms with E-state index >= 15 is 0 Å². The van der Waals surface area contributed by atoms with E-state index in [2.05, 4.69) is 5.32 Å². The van der Waals surface area contributed by atoms with E-state index in [-0.39, 0.29) is 10.6 Å². The first kappa shape index (κ1) is 19.2. The van der Waals surface area contributed by atoms with Crippen LogP contribution in [0.2, 0.25) is 5.02 Å². The number of fused-ring (bicyclic) bond motifs is 2. The highest BCUT2D eigenvalue weighted by atomic mass is 35.5. The molecular formula is C20H18ClNO7. The monoisotopic (exact) mass is 419 g/mol. The summed E-state index contributed by atoms with van der Waals surface area (Å²) in [7, 11) is 0. The van der Waals surface area contributed by atoms with Crippen molar-refractivity contribution in [2.75, 3.05) is 31.7 Å². The second-order valence-corrected chi connectivity index (χ2v) is 6.78. The Morgan fingerprint density at radius 1 is 0.966 bits per heavy atom. The number of esters is 1. The summed E-state index contributed by atoms with van der Waals surface area (Å²) >= 11 is 6.14. The lowest BCUT2D eigenvalue weighted by atomic mass is 10.2. The number of amides is 1. The Morgan fingerprint density at radius 2 is 1.66 bits per heavy atom. The van der Waals surface area contributed by atoms with Gasteiger partial charge in [-0.3, -0.25) is 4.79 Å². The number of benzene rings is 2. The summed E-state index contributed by atoms with van der Waals surface area (Å²) in [5, 5.41) is 2.93. The van der Waals surface area contributed by atoms with Crippen LogP contribution in [0.25, 0.3) is 0 Å². The third-order valence-corrected chi connectivity index (χ3v) is 4.58. The average molecular weight is 420 g/mol. The quantitative estimate of drug-likeness (QED) is 0.761. The normalized spacial score (nSPS) is 15.2.